The predicted molar refractivity (Wildman–Crippen MR) is 90.2 cm³/mol. The lowest BCUT2D eigenvalue weighted by Crippen LogP contribution is -2.28. The van der Waals surface area contributed by atoms with Crippen molar-refractivity contribution < 1.29 is 13.9 Å². The van der Waals surface area contributed by atoms with Gasteiger partial charge in [0.1, 0.15) is 11.6 Å². The van der Waals surface area contributed by atoms with E-state index in [9.17, 15) is 9.18 Å². The van der Waals surface area contributed by atoms with E-state index in [1.54, 1.807) is 17.1 Å². The third-order valence-electron chi connectivity index (χ3n) is 3.58. The van der Waals surface area contributed by atoms with Gasteiger partial charge < -0.3 is 10.1 Å². The molecular weight excluding hydrogens is 323 g/mol. The molecule has 0 unspecified atom stereocenters. The number of carbonyl (C=O) groups is 1. The molecule has 0 saturated carbocycles. The third-order valence-corrected chi connectivity index (χ3v) is 3.58. The van der Waals surface area contributed by atoms with Crippen molar-refractivity contribution in [3.8, 4) is 17.1 Å². The van der Waals surface area contributed by atoms with Crippen molar-refractivity contribution in [2.24, 2.45) is 7.05 Å². The number of hydrogen-bond acceptors (Lipinski definition) is 4. The Hall–Kier alpha value is -3.22. The molecule has 6 nitrogen and oxygen atoms in total. The lowest BCUT2D eigenvalue weighted by molar-refractivity contribution is -0.123. The molecule has 0 bridgehead atoms. The monoisotopic (exact) mass is 340 g/mol. The standard InChI is InChI=1S/C18H17FN4O2/c1-23-17(8-9-22-23)16-7-2-13(10-20-16)11-21-18(24)12-25-15-5-3-14(19)4-6-15/h2-10H,11-12H2,1H3,(H,21,24). The summed E-state index contributed by atoms with van der Waals surface area (Å²) in [5.41, 5.74) is 2.61. The van der Waals surface area contributed by atoms with Gasteiger partial charge in [-0.05, 0) is 42.0 Å². The van der Waals surface area contributed by atoms with Gasteiger partial charge in [0, 0.05) is 26.0 Å². The molecule has 0 atom stereocenters. The molecule has 0 saturated heterocycles. The van der Waals surface area contributed by atoms with E-state index >= 15 is 0 Å². The van der Waals surface area contributed by atoms with Crippen molar-refractivity contribution in [1.82, 2.24) is 20.1 Å². The minimum absolute atomic E-state index is 0.133. The van der Waals surface area contributed by atoms with Crippen molar-refractivity contribution >= 4 is 5.91 Å². The number of halogens is 1. The Morgan fingerprint density at radius 2 is 2.00 bits per heavy atom. The summed E-state index contributed by atoms with van der Waals surface area (Å²) >= 11 is 0. The number of amides is 1. The second kappa shape index (κ2) is 7.57. The SMILES string of the molecule is Cn1nccc1-c1ccc(CNC(=O)COc2ccc(F)cc2)cn1. The molecule has 1 amide bonds. The van der Waals surface area contributed by atoms with Gasteiger partial charge in [-0.15, -0.1) is 0 Å². The molecule has 1 aromatic carbocycles. The van der Waals surface area contributed by atoms with E-state index in [4.69, 9.17) is 4.74 Å². The Morgan fingerprint density at radius 1 is 1.20 bits per heavy atom. The Bertz CT molecular complexity index is 844. The number of aryl methyl sites for hydroxylation is 1. The molecule has 128 valence electrons. The molecule has 1 N–H and O–H groups in total. The number of aromatic nitrogens is 3. The fraction of sp³-hybridized carbons (Fsp3) is 0.167. The van der Waals surface area contributed by atoms with Crippen LogP contribution in [0.2, 0.25) is 0 Å². The van der Waals surface area contributed by atoms with E-state index in [0.717, 1.165) is 17.0 Å². The summed E-state index contributed by atoms with van der Waals surface area (Å²) < 4.78 is 19.8. The summed E-state index contributed by atoms with van der Waals surface area (Å²) in [5.74, 6) is -0.169. The van der Waals surface area contributed by atoms with Crippen LogP contribution >= 0.6 is 0 Å². The van der Waals surface area contributed by atoms with Gasteiger partial charge in [-0.25, -0.2) is 4.39 Å². The summed E-state index contributed by atoms with van der Waals surface area (Å²) in [7, 11) is 1.85. The highest BCUT2D eigenvalue weighted by atomic mass is 19.1. The van der Waals surface area contributed by atoms with Gasteiger partial charge in [0.15, 0.2) is 6.61 Å². The molecule has 3 rings (SSSR count). The lowest BCUT2D eigenvalue weighted by atomic mass is 10.2. The number of pyridine rings is 1. The first-order valence-electron chi connectivity index (χ1n) is 7.70. The summed E-state index contributed by atoms with van der Waals surface area (Å²) in [4.78, 5) is 16.2. The molecule has 0 aliphatic heterocycles. The number of nitrogens with one attached hydrogen (secondary N) is 1. The van der Waals surface area contributed by atoms with Gasteiger partial charge in [-0.3, -0.25) is 14.5 Å². The first-order valence-corrected chi connectivity index (χ1v) is 7.70. The molecule has 0 fully saturated rings. The maximum absolute atomic E-state index is 12.8. The molecular formula is C18H17FN4O2. The van der Waals surface area contributed by atoms with Crippen LogP contribution in [0.3, 0.4) is 0 Å². The van der Waals surface area contributed by atoms with Crippen LogP contribution < -0.4 is 10.1 Å². The lowest BCUT2D eigenvalue weighted by Gasteiger charge is -2.08. The summed E-state index contributed by atoms with van der Waals surface area (Å²) in [6.07, 6.45) is 3.43. The Balaban J connectivity index is 1.48. The molecule has 0 radical (unpaired) electrons. The van der Waals surface area contributed by atoms with E-state index in [2.05, 4.69) is 15.4 Å². The number of benzene rings is 1. The van der Waals surface area contributed by atoms with Crippen molar-refractivity contribution in [1.29, 1.82) is 0 Å². The van der Waals surface area contributed by atoms with Crippen molar-refractivity contribution in [2.75, 3.05) is 6.61 Å². The molecule has 2 heterocycles. The van der Waals surface area contributed by atoms with Gasteiger partial charge in [-0.2, -0.15) is 5.10 Å². The van der Waals surface area contributed by atoms with Crippen LogP contribution in [-0.4, -0.2) is 27.3 Å². The van der Waals surface area contributed by atoms with Crippen LogP contribution in [0.5, 0.6) is 5.75 Å². The average molecular weight is 340 g/mol. The first-order chi connectivity index (χ1) is 12.1. The van der Waals surface area contributed by atoms with Gasteiger partial charge >= 0.3 is 0 Å². The van der Waals surface area contributed by atoms with Crippen molar-refractivity contribution in [2.45, 2.75) is 6.54 Å². The number of carbonyl (C=O) groups excluding carboxylic acids is 1. The fourth-order valence-electron chi connectivity index (χ4n) is 2.24. The van der Waals surface area contributed by atoms with Gasteiger partial charge in [0.2, 0.25) is 0 Å². The highest BCUT2D eigenvalue weighted by molar-refractivity contribution is 5.77. The highest BCUT2D eigenvalue weighted by Gasteiger charge is 2.06. The minimum atomic E-state index is -0.348. The van der Waals surface area contributed by atoms with Crippen LogP contribution in [0.25, 0.3) is 11.4 Å². The fourth-order valence-corrected chi connectivity index (χ4v) is 2.24. The molecule has 25 heavy (non-hydrogen) atoms. The molecule has 0 aliphatic carbocycles. The number of rotatable bonds is 6. The second-order valence-electron chi connectivity index (χ2n) is 5.41. The van der Waals surface area contributed by atoms with Gasteiger partial charge in [0.25, 0.3) is 5.91 Å². The average Bonchev–Trinajstić information content (AvgIpc) is 3.06. The maximum Gasteiger partial charge on any atom is 0.258 e. The number of ether oxygens (including phenoxy) is 1. The quantitative estimate of drug-likeness (QED) is 0.748. The molecule has 2 aromatic heterocycles. The zero-order valence-electron chi connectivity index (χ0n) is 13.6. The number of nitrogens with zero attached hydrogens (tertiary/aromatic N) is 3. The highest BCUT2D eigenvalue weighted by Crippen LogP contribution is 2.15. The zero-order valence-corrected chi connectivity index (χ0v) is 13.6. The first kappa shape index (κ1) is 16.6. The zero-order chi connectivity index (χ0) is 17.6. The van der Waals surface area contributed by atoms with Crippen LogP contribution in [-0.2, 0) is 18.4 Å². The van der Waals surface area contributed by atoms with E-state index < -0.39 is 0 Å². The van der Waals surface area contributed by atoms with Gasteiger partial charge in [-0.1, -0.05) is 6.07 Å². The summed E-state index contributed by atoms with van der Waals surface area (Å²) in [5, 5.41) is 6.86. The molecule has 0 spiro atoms. The molecule has 3 aromatic rings. The molecule has 0 aliphatic rings. The Morgan fingerprint density at radius 3 is 2.64 bits per heavy atom. The van der Waals surface area contributed by atoms with Crippen LogP contribution in [0.4, 0.5) is 4.39 Å². The van der Waals surface area contributed by atoms with Crippen molar-refractivity contribution in [3.63, 3.8) is 0 Å². The predicted octanol–water partition coefficient (Wildman–Crippen LogP) is 2.32. The summed E-state index contributed by atoms with van der Waals surface area (Å²) in [6.45, 7) is 0.219. The van der Waals surface area contributed by atoms with Crippen molar-refractivity contribution in [3.05, 3.63) is 66.2 Å². The van der Waals surface area contributed by atoms with E-state index in [1.807, 2.05) is 25.2 Å². The van der Waals surface area contributed by atoms with Crippen LogP contribution in [0.15, 0.2) is 54.9 Å². The normalized spacial score (nSPS) is 10.5. The Labute approximate surface area is 144 Å². The van der Waals surface area contributed by atoms with Crippen LogP contribution in [0.1, 0.15) is 5.56 Å². The topological polar surface area (TPSA) is 69.0 Å². The van der Waals surface area contributed by atoms with E-state index in [0.29, 0.717) is 12.3 Å². The second-order valence-corrected chi connectivity index (χ2v) is 5.41. The smallest absolute Gasteiger partial charge is 0.258 e. The largest absolute Gasteiger partial charge is 0.484 e. The van der Waals surface area contributed by atoms with Gasteiger partial charge in [0.05, 0.1) is 11.4 Å². The van der Waals surface area contributed by atoms with Crippen LogP contribution in [0, 0.1) is 5.82 Å². The van der Waals surface area contributed by atoms with E-state index in [-0.39, 0.29) is 18.3 Å². The minimum Gasteiger partial charge on any atom is -0.484 e. The summed E-state index contributed by atoms with van der Waals surface area (Å²) in [6, 6.07) is 11.2. The third kappa shape index (κ3) is 4.41. The maximum atomic E-state index is 12.8. The number of hydrogen-bond donors (Lipinski definition) is 1. The van der Waals surface area contributed by atoms with E-state index in [1.165, 1.54) is 24.3 Å². The Kier molecular flexibility index (Phi) is 5.03. The molecule has 7 heteroatoms.